The van der Waals surface area contributed by atoms with Gasteiger partial charge in [-0.25, -0.2) is 4.98 Å². The van der Waals surface area contributed by atoms with Gasteiger partial charge in [0.25, 0.3) is 0 Å². The van der Waals surface area contributed by atoms with Crippen molar-refractivity contribution in [2.24, 2.45) is 0 Å². The number of aromatic nitrogens is 1. The number of nitrogens with zero attached hydrogens (tertiary/aromatic N) is 1. The van der Waals surface area contributed by atoms with Gasteiger partial charge < -0.3 is 4.74 Å². The van der Waals surface area contributed by atoms with Crippen LogP contribution in [0, 0.1) is 18.3 Å². The maximum absolute atomic E-state index is 12.4. The Bertz CT molecular complexity index is 367. The zero-order chi connectivity index (χ0) is 10.6. The van der Waals surface area contributed by atoms with Crippen LogP contribution in [0.5, 0.6) is 0 Å². The van der Waals surface area contributed by atoms with Crippen molar-refractivity contribution in [1.29, 1.82) is 0 Å². The fraction of sp³-hybridized carbons (Fsp3) is 0.200. The standard InChI is InChI=1S/C10H8FNO2/c1-3-9(14-7(2)13)8-4-5-10(11)12-6-8/h1,4-6,9H,2H3. The number of esters is 1. The Kier molecular flexibility index (Phi) is 3.19. The predicted molar refractivity (Wildman–Crippen MR) is 47.5 cm³/mol. The molecule has 0 spiro atoms. The molecule has 0 saturated heterocycles. The van der Waals surface area contributed by atoms with Crippen molar-refractivity contribution < 1.29 is 13.9 Å². The molecule has 1 aromatic heterocycles. The van der Waals surface area contributed by atoms with Crippen LogP contribution in [0.3, 0.4) is 0 Å². The molecule has 72 valence electrons. The quantitative estimate of drug-likeness (QED) is 0.405. The van der Waals surface area contributed by atoms with Crippen LogP contribution in [-0.4, -0.2) is 11.0 Å². The molecule has 0 saturated carbocycles. The first-order valence-electron chi connectivity index (χ1n) is 3.88. The third kappa shape index (κ3) is 2.56. The van der Waals surface area contributed by atoms with Crippen molar-refractivity contribution in [3.05, 3.63) is 29.8 Å². The summed E-state index contributed by atoms with van der Waals surface area (Å²) in [6.07, 6.45) is 5.58. The summed E-state index contributed by atoms with van der Waals surface area (Å²) < 4.78 is 17.2. The Balaban J connectivity index is 2.85. The third-order valence-electron chi connectivity index (χ3n) is 1.49. The maximum atomic E-state index is 12.4. The van der Waals surface area contributed by atoms with Gasteiger partial charge in [-0.3, -0.25) is 4.79 Å². The molecule has 3 nitrogen and oxygen atoms in total. The van der Waals surface area contributed by atoms with E-state index >= 15 is 0 Å². The number of carbonyl (C=O) groups excluding carboxylic acids is 1. The number of terminal acetylenes is 1. The molecule has 0 N–H and O–H groups in total. The molecule has 1 aromatic rings. The molecular weight excluding hydrogens is 185 g/mol. The summed E-state index contributed by atoms with van der Waals surface area (Å²) in [5, 5.41) is 0. The normalized spacial score (nSPS) is 11.5. The topological polar surface area (TPSA) is 39.2 Å². The van der Waals surface area contributed by atoms with E-state index in [0.29, 0.717) is 5.56 Å². The van der Waals surface area contributed by atoms with E-state index in [1.807, 2.05) is 0 Å². The molecule has 14 heavy (non-hydrogen) atoms. The van der Waals surface area contributed by atoms with Gasteiger partial charge >= 0.3 is 5.97 Å². The average Bonchev–Trinajstić information content (AvgIpc) is 2.15. The van der Waals surface area contributed by atoms with E-state index in [1.54, 1.807) is 0 Å². The van der Waals surface area contributed by atoms with E-state index in [1.165, 1.54) is 19.2 Å². The molecule has 1 atom stereocenters. The van der Waals surface area contributed by atoms with Gasteiger partial charge in [-0.1, -0.05) is 5.92 Å². The summed E-state index contributed by atoms with van der Waals surface area (Å²) in [5.74, 6) is 1.17. The average molecular weight is 193 g/mol. The lowest BCUT2D eigenvalue weighted by Crippen LogP contribution is -2.06. The second kappa shape index (κ2) is 4.38. The van der Waals surface area contributed by atoms with Crippen LogP contribution in [0.15, 0.2) is 18.3 Å². The van der Waals surface area contributed by atoms with Crippen LogP contribution in [0.1, 0.15) is 18.6 Å². The second-order valence-electron chi connectivity index (χ2n) is 2.57. The van der Waals surface area contributed by atoms with E-state index in [0.717, 1.165) is 6.07 Å². The largest absolute Gasteiger partial charge is 0.444 e. The summed E-state index contributed by atoms with van der Waals surface area (Å²) in [7, 11) is 0. The highest BCUT2D eigenvalue weighted by Gasteiger charge is 2.11. The molecule has 1 heterocycles. The molecule has 1 unspecified atom stereocenters. The van der Waals surface area contributed by atoms with Gasteiger partial charge in [0.1, 0.15) is 0 Å². The summed E-state index contributed by atoms with van der Waals surface area (Å²) >= 11 is 0. The predicted octanol–water partition coefficient (Wildman–Crippen LogP) is 1.46. The van der Waals surface area contributed by atoms with Crippen molar-refractivity contribution in [2.45, 2.75) is 13.0 Å². The molecule has 0 aliphatic carbocycles. The van der Waals surface area contributed by atoms with Gasteiger partial charge in [0.05, 0.1) is 0 Å². The molecule has 0 amide bonds. The van der Waals surface area contributed by atoms with Crippen molar-refractivity contribution >= 4 is 5.97 Å². The van der Waals surface area contributed by atoms with E-state index < -0.39 is 18.0 Å². The van der Waals surface area contributed by atoms with Crippen LogP contribution in [-0.2, 0) is 9.53 Å². The number of hydrogen-bond acceptors (Lipinski definition) is 3. The van der Waals surface area contributed by atoms with Gasteiger partial charge in [-0.2, -0.15) is 4.39 Å². The van der Waals surface area contributed by atoms with Gasteiger partial charge in [-0.15, -0.1) is 6.42 Å². The van der Waals surface area contributed by atoms with Gasteiger partial charge in [0.15, 0.2) is 6.10 Å². The Labute approximate surface area is 80.9 Å². The number of halogens is 1. The molecule has 0 bridgehead atoms. The fourth-order valence-corrected chi connectivity index (χ4v) is 0.907. The molecular formula is C10H8FNO2. The van der Waals surface area contributed by atoms with Gasteiger partial charge in [-0.05, 0) is 12.1 Å². The van der Waals surface area contributed by atoms with Crippen LogP contribution < -0.4 is 0 Å². The molecule has 0 fully saturated rings. The first-order valence-corrected chi connectivity index (χ1v) is 3.88. The first-order chi connectivity index (χ1) is 6.63. The Hall–Kier alpha value is -1.89. The van der Waals surface area contributed by atoms with Gasteiger partial charge in [0, 0.05) is 18.7 Å². The van der Waals surface area contributed by atoms with Crippen LogP contribution in [0.25, 0.3) is 0 Å². The lowest BCUT2D eigenvalue weighted by molar-refractivity contribution is -0.144. The Morgan fingerprint density at radius 2 is 2.43 bits per heavy atom. The molecule has 0 aliphatic rings. The molecule has 1 rings (SSSR count). The molecule has 0 aliphatic heterocycles. The zero-order valence-electron chi connectivity index (χ0n) is 7.53. The van der Waals surface area contributed by atoms with Crippen molar-refractivity contribution in [3.63, 3.8) is 0 Å². The number of ether oxygens (including phenoxy) is 1. The van der Waals surface area contributed by atoms with Crippen molar-refractivity contribution in [1.82, 2.24) is 4.98 Å². The van der Waals surface area contributed by atoms with Crippen molar-refractivity contribution in [2.75, 3.05) is 0 Å². The van der Waals surface area contributed by atoms with Crippen LogP contribution in [0.4, 0.5) is 4.39 Å². The van der Waals surface area contributed by atoms with E-state index in [4.69, 9.17) is 11.2 Å². The SMILES string of the molecule is C#CC(OC(C)=O)c1ccc(F)nc1. The van der Waals surface area contributed by atoms with Crippen LogP contribution in [0.2, 0.25) is 0 Å². The molecule has 0 aromatic carbocycles. The highest BCUT2D eigenvalue weighted by Crippen LogP contribution is 2.15. The Morgan fingerprint density at radius 3 is 2.86 bits per heavy atom. The fourth-order valence-electron chi connectivity index (χ4n) is 0.907. The smallest absolute Gasteiger partial charge is 0.304 e. The summed E-state index contributed by atoms with van der Waals surface area (Å²) in [6, 6.07) is 2.58. The van der Waals surface area contributed by atoms with E-state index in [9.17, 15) is 9.18 Å². The minimum atomic E-state index is -0.805. The summed E-state index contributed by atoms with van der Waals surface area (Å²) in [4.78, 5) is 14.0. The highest BCUT2D eigenvalue weighted by molar-refractivity contribution is 5.66. The monoisotopic (exact) mass is 193 g/mol. The summed E-state index contributed by atoms with van der Waals surface area (Å²) in [5.41, 5.74) is 0.476. The highest BCUT2D eigenvalue weighted by atomic mass is 19.1. The molecule has 0 radical (unpaired) electrons. The lowest BCUT2D eigenvalue weighted by Gasteiger charge is -2.09. The van der Waals surface area contributed by atoms with E-state index in [-0.39, 0.29) is 0 Å². The van der Waals surface area contributed by atoms with Crippen LogP contribution >= 0.6 is 0 Å². The number of pyridine rings is 1. The third-order valence-corrected chi connectivity index (χ3v) is 1.49. The first kappa shape index (κ1) is 10.2. The number of rotatable bonds is 2. The summed E-state index contributed by atoms with van der Waals surface area (Å²) in [6.45, 7) is 1.25. The zero-order valence-corrected chi connectivity index (χ0v) is 7.53. The maximum Gasteiger partial charge on any atom is 0.304 e. The molecule has 4 heteroatoms. The number of hydrogen-bond donors (Lipinski definition) is 0. The van der Waals surface area contributed by atoms with Crippen molar-refractivity contribution in [3.8, 4) is 12.3 Å². The van der Waals surface area contributed by atoms with E-state index in [2.05, 4.69) is 10.9 Å². The Morgan fingerprint density at radius 1 is 1.71 bits per heavy atom. The second-order valence-corrected chi connectivity index (χ2v) is 2.57. The minimum absolute atomic E-state index is 0.476. The lowest BCUT2D eigenvalue weighted by atomic mass is 10.2. The number of carbonyl (C=O) groups is 1. The van der Waals surface area contributed by atoms with Gasteiger partial charge in [0.2, 0.25) is 5.95 Å². The minimum Gasteiger partial charge on any atom is -0.444 e.